The number of amides is 1. The summed E-state index contributed by atoms with van der Waals surface area (Å²) in [7, 11) is -1.72. The van der Waals surface area contributed by atoms with Gasteiger partial charge >= 0.3 is 0 Å². The lowest BCUT2D eigenvalue weighted by atomic mass is 9.96. The van der Waals surface area contributed by atoms with E-state index >= 15 is 0 Å². The van der Waals surface area contributed by atoms with Crippen LogP contribution in [0.1, 0.15) is 12.8 Å². The normalized spacial score (nSPS) is 21.1. The Morgan fingerprint density at radius 1 is 1.00 bits per heavy atom. The molecule has 6 nitrogen and oxygen atoms in total. The third-order valence-electron chi connectivity index (χ3n) is 5.13. The Bertz CT molecular complexity index is 751. The van der Waals surface area contributed by atoms with Gasteiger partial charge in [0.05, 0.1) is 10.0 Å². The molecule has 0 spiro atoms. The Morgan fingerprint density at radius 3 is 2.08 bits per heavy atom. The van der Waals surface area contributed by atoms with E-state index < -0.39 is 10.0 Å². The SMILES string of the molecule is CN1CCN(C(=O)C2CCN(S(=O)(=O)c3c(Cl)cccc3Cl)CC2)CC1. The molecule has 1 aromatic carbocycles. The highest BCUT2D eigenvalue weighted by Gasteiger charge is 2.36. The summed E-state index contributed by atoms with van der Waals surface area (Å²) in [5.41, 5.74) is 0. The molecule has 1 amide bonds. The third-order valence-corrected chi connectivity index (χ3v) is 7.99. The highest BCUT2D eigenvalue weighted by Crippen LogP contribution is 2.33. The number of halogens is 2. The van der Waals surface area contributed by atoms with E-state index in [1.165, 1.54) is 16.4 Å². The van der Waals surface area contributed by atoms with Gasteiger partial charge in [0.1, 0.15) is 4.90 Å². The summed E-state index contributed by atoms with van der Waals surface area (Å²) in [4.78, 5) is 16.7. The molecule has 2 fully saturated rings. The van der Waals surface area contributed by atoms with Crippen molar-refractivity contribution in [3.8, 4) is 0 Å². The first-order chi connectivity index (χ1) is 12.3. The Balaban J connectivity index is 1.65. The Hall–Kier alpha value is -0.860. The quantitative estimate of drug-likeness (QED) is 0.752. The van der Waals surface area contributed by atoms with Crippen molar-refractivity contribution in [2.24, 2.45) is 5.92 Å². The van der Waals surface area contributed by atoms with Crippen LogP contribution in [0.25, 0.3) is 0 Å². The van der Waals surface area contributed by atoms with Crippen molar-refractivity contribution in [2.75, 3.05) is 46.3 Å². The van der Waals surface area contributed by atoms with Crippen molar-refractivity contribution in [1.29, 1.82) is 0 Å². The summed E-state index contributed by atoms with van der Waals surface area (Å²) in [6, 6.07) is 4.65. The minimum absolute atomic E-state index is 0.0489. The smallest absolute Gasteiger partial charge is 0.246 e. The van der Waals surface area contributed by atoms with Gasteiger partial charge in [-0.25, -0.2) is 8.42 Å². The molecule has 26 heavy (non-hydrogen) atoms. The van der Waals surface area contributed by atoms with Crippen molar-refractivity contribution in [1.82, 2.24) is 14.1 Å². The van der Waals surface area contributed by atoms with E-state index in [1.54, 1.807) is 6.07 Å². The number of piperazine rings is 1. The molecule has 1 aromatic rings. The van der Waals surface area contributed by atoms with Gasteiger partial charge in [-0.2, -0.15) is 4.31 Å². The predicted molar refractivity (Wildman–Crippen MR) is 102 cm³/mol. The average molecular weight is 420 g/mol. The standard InChI is InChI=1S/C17H23Cl2N3O3S/c1-20-9-11-21(12-10-20)17(23)13-5-7-22(8-6-13)26(24,25)16-14(18)3-2-4-15(16)19/h2-4,13H,5-12H2,1H3. The van der Waals surface area contributed by atoms with Gasteiger partial charge in [-0.3, -0.25) is 4.79 Å². The van der Waals surface area contributed by atoms with Crippen molar-refractivity contribution < 1.29 is 13.2 Å². The van der Waals surface area contributed by atoms with Gasteiger partial charge in [-0.1, -0.05) is 29.3 Å². The number of hydrogen-bond acceptors (Lipinski definition) is 4. The number of benzene rings is 1. The van der Waals surface area contributed by atoms with E-state index in [-0.39, 0.29) is 26.8 Å². The second-order valence-electron chi connectivity index (χ2n) is 6.86. The van der Waals surface area contributed by atoms with Crippen molar-refractivity contribution in [3.63, 3.8) is 0 Å². The predicted octanol–water partition coefficient (Wildman–Crippen LogP) is 2.17. The summed E-state index contributed by atoms with van der Waals surface area (Å²) in [5.74, 6) is 0.0255. The molecule has 0 saturated carbocycles. The van der Waals surface area contributed by atoms with E-state index in [0.717, 1.165) is 26.2 Å². The van der Waals surface area contributed by atoms with Crippen LogP contribution in [0.15, 0.2) is 23.1 Å². The summed E-state index contributed by atoms with van der Waals surface area (Å²) >= 11 is 12.1. The minimum Gasteiger partial charge on any atom is -0.340 e. The topological polar surface area (TPSA) is 60.9 Å². The van der Waals surface area contributed by atoms with Gasteiger partial charge in [-0.15, -0.1) is 0 Å². The molecule has 2 saturated heterocycles. The molecule has 9 heteroatoms. The maximum Gasteiger partial charge on any atom is 0.246 e. The highest BCUT2D eigenvalue weighted by atomic mass is 35.5. The van der Waals surface area contributed by atoms with Crippen LogP contribution in [-0.4, -0.2) is 74.7 Å². The second-order valence-corrected chi connectivity index (χ2v) is 9.55. The molecule has 2 heterocycles. The van der Waals surface area contributed by atoms with Crippen LogP contribution in [0.3, 0.4) is 0 Å². The molecule has 144 valence electrons. The van der Waals surface area contributed by atoms with Crippen molar-refractivity contribution in [2.45, 2.75) is 17.7 Å². The summed E-state index contributed by atoms with van der Waals surface area (Å²) in [5, 5.41) is 0.237. The average Bonchev–Trinajstić information content (AvgIpc) is 2.61. The van der Waals surface area contributed by atoms with E-state index in [9.17, 15) is 13.2 Å². The molecular formula is C17H23Cl2N3O3S. The summed E-state index contributed by atoms with van der Waals surface area (Å²) in [6.45, 7) is 3.84. The van der Waals surface area contributed by atoms with Gasteiger partial charge in [0.2, 0.25) is 15.9 Å². The Morgan fingerprint density at radius 2 is 1.54 bits per heavy atom. The molecule has 0 aliphatic carbocycles. The van der Waals surface area contributed by atoms with Crippen LogP contribution in [0.4, 0.5) is 0 Å². The zero-order chi connectivity index (χ0) is 18.9. The number of carbonyl (C=O) groups excluding carboxylic acids is 1. The largest absolute Gasteiger partial charge is 0.340 e. The fourth-order valence-electron chi connectivity index (χ4n) is 3.49. The van der Waals surface area contributed by atoms with Crippen LogP contribution in [0.2, 0.25) is 10.0 Å². The number of likely N-dealkylation sites (N-methyl/N-ethyl adjacent to an activating group) is 1. The van der Waals surface area contributed by atoms with Gasteiger partial charge in [0.15, 0.2) is 0 Å². The fraction of sp³-hybridized carbons (Fsp3) is 0.588. The molecule has 0 bridgehead atoms. The summed E-state index contributed by atoms with van der Waals surface area (Å²) in [6.07, 6.45) is 1.04. The lowest BCUT2D eigenvalue weighted by Crippen LogP contribution is -2.51. The van der Waals surface area contributed by atoms with Crippen LogP contribution < -0.4 is 0 Å². The number of piperidine rings is 1. The number of sulfonamides is 1. The van der Waals surface area contributed by atoms with Gasteiger partial charge in [0, 0.05) is 45.2 Å². The van der Waals surface area contributed by atoms with Crippen LogP contribution in [0, 0.1) is 5.92 Å². The second kappa shape index (κ2) is 8.02. The lowest BCUT2D eigenvalue weighted by Gasteiger charge is -2.37. The number of carbonyl (C=O) groups is 1. The number of rotatable bonds is 3. The van der Waals surface area contributed by atoms with Gasteiger partial charge in [-0.05, 0) is 32.0 Å². The molecule has 0 atom stereocenters. The van der Waals surface area contributed by atoms with E-state index in [2.05, 4.69) is 4.90 Å². The molecule has 0 unspecified atom stereocenters. The Kier molecular flexibility index (Phi) is 6.14. The Labute approximate surface area is 164 Å². The van der Waals surface area contributed by atoms with E-state index in [0.29, 0.717) is 25.9 Å². The zero-order valence-electron chi connectivity index (χ0n) is 14.7. The molecule has 2 aliphatic heterocycles. The zero-order valence-corrected chi connectivity index (χ0v) is 17.0. The molecule has 0 aromatic heterocycles. The molecule has 0 N–H and O–H groups in total. The van der Waals surface area contributed by atoms with Gasteiger partial charge in [0.25, 0.3) is 0 Å². The first-order valence-electron chi connectivity index (χ1n) is 8.72. The molecule has 3 rings (SSSR count). The van der Waals surface area contributed by atoms with Crippen LogP contribution in [0.5, 0.6) is 0 Å². The van der Waals surface area contributed by atoms with E-state index in [4.69, 9.17) is 23.2 Å². The van der Waals surface area contributed by atoms with Gasteiger partial charge < -0.3 is 9.80 Å². The molecule has 2 aliphatic rings. The fourth-order valence-corrected chi connectivity index (χ4v) is 6.05. The minimum atomic E-state index is -3.77. The van der Waals surface area contributed by atoms with Crippen LogP contribution >= 0.6 is 23.2 Å². The monoisotopic (exact) mass is 419 g/mol. The third kappa shape index (κ3) is 4.02. The maximum atomic E-state index is 12.9. The maximum absolute atomic E-state index is 12.9. The van der Waals surface area contributed by atoms with Crippen molar-refractivity contribution in [3.05, 3.63) is 28.2 Å². The number of nitrogens with zero attached hydrogens (tertiary/aromatic N) is 3. The van der Waals surface area contributed by atoms with Crippen LogP contribution in [-0.2, 0) is 14.8 Å². The highest BCUT2D eigenvalue weighted by molar-refractivity contribution is 7.89. The number of hydrogen-bond donors (Lipinski definition) is 0. The van der Waals surface area contributed by atoms with Crippen molar-refractivity contribution >= 4 is 39.1 Å². The molecular weight excluding hydrogens is 397 g/mol. The van der Waals surface area contributed by atoms with E-state index in [1.807, 2.05) is 11.9 Å². The lowest BCUT2D eigenvalue weighted by molar-refractivity contribution is -0.138. The first kappa shape index (κ1) is 19.9. The summed E-state index contributed by atoms with van der Waals surface area (Å²) < 4.78 is 27.2. The molecule has 0 radical (unpaired) electrons. The first-order valence-corrected chi connectivity index (χ1v) is 10.9.